The van der Waals surface area contributed by atoms with Gasteiger partial charge in [0.25, 0.3) is 0 Å². The molecule has 1 N–H and O–H groups in total. The molecular formula is C12H22N2O. The third-order valence-electron chi connectivity index (χ3n) is 2.70. The van der Waals surface area contributed by atoms with E-state index in [2.05, 4.69) is 25.9 Å². The molecule has 1 unspecified atom stereocenters. The van der Waals surface area contributed by atoms with Crippen LogP contribution in [0, 0.1) is 5.41 Å². The number of hydrogen-bond acceptors (Lipinski definition) is 2. The minimum absolute atomic E-state index is 0.00502. The molecule has 0 saturated heterocycles. The lowest BCUT2D eigenvalue weighted by molar-refractivity contribution is 0.0540. The van der Waals surface area contributed by atoms with Crippen LogP contribution in [0.3, 0.4) is 0 Å². The second-order valence-corrected chi connectivity index (χ2v) is 5.30. The van der Waals surface area contributed by atoms with Crippen molar-refractivity contribution in [2.24, 2.45) is 12.5 Å². The summed E-state index contributed by atoms with van der Waals surface area (Å²) in [7, 11) is 1.92. The smallest absolute Gasteiger partial charge is 0.0588 e. The van der Waals surface area contributed by atoms with Crippen molar-refractivity contribution in [1.29, 1.82) is 0 Å². The Hall–Kier alpha value is -0.830. The molecule has 0 aromatic carbocycles. The first-order valence-corrected chi connectivity index (χ1v) is 5.55. The van der Waals surface area contributed by atoms with Crippen LogP contribution in [0.1, 0.15) is 39.2 Å². The number of nitrogens with zero attached hydrogens (tertiary/aromatic N) is 2. The van der Waals surface area contributed by atoms with Crippen molar-refractivity contribution in [2.45, 2.75) is 46.1 Å². The van der Waals surface area contributed by atoms with Gasteiger partial charge in [0.1, 0.15) is 0 Å². The van der Waals surface area contributed by atoms with Crippen LogP contribution in [0.15, 0.2) is 12.4 Å². The number of aryl methyl sites for hydroxylation is 2. The van der Waals surface area contributed by atoms with Gasteiger partial charge in [-0.2, -0.15) is 5.10 Å². The van der Waals surface area contributed by atoms with Crippen molar-refractivity contribution in [3.63, 3.8) is 0 Å². The highest BCUT2D eigenvalue weighted by Crippen LogP contribution is 2.23. The molecule has 0 bridgehead atoms. The van der Waals surface area contributed by atoms with Crippen LogP contribution in [0.5, 0.6) is 0 Å². The second-order valence-electron chi connectivity index (χ2n) is 5.30. The zero-order valence-corrected chi connectivity index (χ0v) is 10.2. The van der Waals surface area contributed by atoms with Crippen molar-refractivity contribution < 1.29 is 5.11 Å². The zero-order valence-electron chi connectivity index (χ0n) is 10.2. The second kappa shape index (κ2) is 4.79. The Morgan fingerprint density at radius 1 is 1.47 bits per heavy atom. The molecule has 1 rings (SSSR count). The largest absolute Gasteiger partial charge is 0.393 e. The molecule has 3 heteroatoms. The van der Waals surface area contributed by atoms with Gasteiger partial charge in [-0.15, -0.1) is 0 Å². The lowest BCUT2D eigenvalue weighted by atomic mass is 9.86. The minimum Gasteiger partial charge on any atom is -0.393 e. The van der Waals surface area contributed by atoms with E-state index in [0.717, 1.165) is 19.3 Å². The maximum absolute atomic E-state index is 9.85. The predicted octanol–water partition coefficient (Wildman–Crippen LogP) is 2.15. The maximum atomic E-state index is 9.85. The summed E-state index contributed by atoms with van der Waals surface area (Å²) in [6.07, 6.45) is 6.59. The fourth-order valence-electron chi connectivity index (χ4n) is 1.53. The van der Waals surface area contributed by atoms with Crippen LogP contribution in [0.2, 0.25) is 0 Å². The van der Waals surface area contributed by atoms with Crippen LogP contribution < -0.4 is 0 Å². The molecule has 0 saturated carbocycles. The molecule has 0 aliphatic carbocycles. The molecule has 1 aromatic rings. The van der Waals surface area contributed by atoms with Gasteiger partial charge < -0.3 is 5.11 Å². The Bertz CT molecular complexity index is 299. The maximum Gasteiger partial charge on any atom is 0.0588 e. The van der Waals surface area contributed by atoms with E-state index >= 15 is 0 Å². The molecule has 0 spiro atoms. The Morgan fingerprint density at radius 2 is 2.13 bits per heavy atom. The van der Waals surface area contributed by atoms with Crippen LogP contribution in [-0.4, -0.2) is 21.0 Å². The number of rotatable bonds is 4. The third-order valence-corrected chi connectivity index (χ3v) is 2.70. The zero-order chi connectivity index (χ0) is 11.5. The molecule has 1 atom stereocenters. The van der Waals surface area contributed by atoms with E-state index in [-0.39, 0.29) is 11.5 Å². The van der Waals surface area contributed by atoms with E-state index in [1.165, 1.54) is 5.56 Å². The fourth-order valence-corrected chi connectivity index (χ4v) is 1.53. The molecule has 15 heavy (non-hydrogen) atoms. The highest BCUT2D eigenvalue weighted by atomic mass is 16.3. The van der Waals surface area contributed by atoms with E-state index in [1.807, 2.05) is 24.1 Å². The van der Waals surface area contributed by atoms with E-state index in [1.54, 1.807) is 0 Å². The first kappa shape index (κ1) is 12.2. The van der Waals surface area contributed by atoms with Crippen LogP contribution in [-0.2, 0) is 13.5 Å². The van der Waals surface area contributed by atoms with Gasteiger partial charge in [0, 0.05) is 13.2 Å². The highest BCUT2D eigenvalue weighted by Gasteiger charge is 2.21. The fraction of sp³-hybridized carbons (Fsp3) is 0.750. The molecule has 0 aliphatic rings. The molecule has 0 aliphatic heterocycles. The van der Waals surface area contributed by atoms with Gasteiger partial charge in [-0.1, -0.05) is 20.8 Å². The lowest BCUT2D eigenvalue weighted by Gasteiger charge is -2.25. The Morgan fingerprint density at radius 3 is 2.60 bits per heavy atom. The minimum atomic E-state index is -0.214. The molecule has 0 amide bonds. The monoisotopic (exact) mass is 210 g/mol. The van der Waals surface area contributed by atoms with E-state index in [9.17, 15) is 5.11 Å². The lowest BCUT2D eigenvalue weighted by Crippen LogP contribution is -2.25. The van der Waals surface area contributed by atoms with Gasteiger partial charge in [0.15, 0.2) is 0 Å². The van der Waals surface area contributed by atoms with Crippen molar-refractivity contribution >= 4 is 0 Å². The summed E-state index contributed by atoms with van der Waals surface area (Å²) in [4.78, 5) is 0. The summed E-state index contributed by atoms with van der Waals surface area (Å²) < 4.78 is 1.82. The topological polar surface area (TPSA) is 38.0 Å². The van der Waals surface area contributed by atoms with Gasteiger partial charge in [-0.05, 0) is 30.2 Å². The van der Waals surface area contributed by atoms with Gasteiger partial charge in [0.2, 0.25) is 0 Å². The molecule has 0 radical (unpaired) electrons. The van der Waals surface area contributed by atoms with E-state index in [0.29, 0.717) is 0 Å². The van der Waals surface area contributed by atoms with E-state index < -0.39 is 0 Å². The number of aliphatic hydroxyl groups is 1. The number of aromatic nitrogens is 2. The van der Waals surface area contributed by atoms with Crippen molar-refractivity contribution in [2.75, 3.05) is 0 Å². The van der Waals surface area contributed by atoms with Crippen LogP contribution in [0.4, 0.5) is 0 Å². The quantitative estimate of drug-likeness (QED) is 0.827. The highest BCUT2D eigenvalue weighted by molar-refractivity contribution is 5.03. The van der Waals surface area contributed by atoms with Gasteiger partial charge in [-0.25, -0.2) is 0 Å². The van der Waals surface area contributed by atoms with Gasteiger partial charge in [0.05, 0.1) is 12.3 Å². The molecule has 1 heterocycles. The summed E-state index contributed by atoms with van der Waals surface area (Å²) in [5.41, 5.74) is 1.24. The Kier molecular flexibility index (Phi) is 3.91. The van der Waals surface area contributed by atoms with E-state index in [4.69, 9.17) is 0 Å². The first-order chi connectivity index (χ1) is 6.89. The summed E-state index contributed by atoms with van der Waals surface area (Å²) in [6.45, 7) is 6.21. The van der Waals surface area contributed by atoms with Crippen molar-refractivity contribution in [3.8, 4) is 0 Å². The third kappa shape index (κ3) is 4.04. The summed E-state index contributed by atoms with van der Waals surface area (Å²) in [5.74, 6) is 0. The number of aliphatic hydroxyl groups excluding tert-OH is 1. The normalized spacial score (nSPS) is 14.2. The average Bonchev–Trinajstić information content (AvgIpc) is 2.49. The molecule has 1 aromatic heterocycles. The van der Waals surface area contributed by atoms with Crippen molar-refractivity contribution in [1.82, 2.24) is 9.78 Å². The standard InChI is InChI=1S/C12H22N2O/c1-12(2,3)11(15)7-5-6-10-8-13-14(4)9-10/h8-9,11,15H,5-7H2,1-4H3. The van der Waals surface area contributed by atoms with Crippen LogP contribution in [0.25, 0.3) is 0 Å². The predicted molar refractivity (Wildman–Crippen MR) is 61.6 cm³/mol. The SMILES string of the molecule is Cn1cc(CCCC(O)C(C)(C)C)cn1. The van der Waals surface area contributed by atoms with Gasteiger partial charge >= 0.3 is 0 Å². The number of hydrogen-bond donors (Lipinski definition) is 1. The molecular weight excluding hydrogens is 188 g/mol. The summed E-state index contributed by atoms with van der Waals surface area (Å²) >= 11 is 0. The van der Waals surface area contributed by atoms with Gasteiger partial charge in [-0.3, -0.25) is 4.68 Å². The summed E-state index contributed by atoms with van der Waals surface area (Å²) in [5, 5.41) is 14.0. The Balaban J connectivity index is 2.28. The average molecular weight is 210 g/mol. The molecule has 86 valence electrons. The van der Waals surface area contributed by atoms with Crippen LogP contribution >= 0.6 is 0 Å². The molecule has 3 nitrogen and oxygen atoms in total. The Labute approximate surface area is 92.1 Å². The summed E-state index contributed by atoms with van der Waals surface area (Å²) in [6, 6.07) is 0. The molecule has 0 fully saturated rings. The first-order valence-electron chi connectivity index (χ1n) is 5.55. The van der Waals surface area contributed by atoms with Crippen molar-refractivity contribution in [3.05, 3.63) is 18.0 Å².